The summed E-state index contributed by atoms with van der Waals surface area (Å²) in [5.41, 5.74) is -0.783. The zero-order valence-electron chi connectivity index (χ0n) is 15.0. The summed E-state index contributed by atoms with van der Waals surface area (Å²) in [6, 6.07) is 3.85. The number of carbonyl (C=O) groups excluding carboxylic acids is 4. The first-order chi connectivity index (χ1) is 12.6. The van der Waals surface area contributed by atoms with Gasteiger partial charge < -0.3 is 15.4 Å². The Kier molecular flexibility index (Phi) is 6.33. The van der Waals surface area contributed by atoms with Crippen LogP contribution in [0.2, 0.25) is 10.0 Å². The summed E-state index contributed by atoms with van der Waals surface area (Å²) in [6.07, 6.45) is -0.798. The largest absolute Gasteiger partial charge is 0.451 e. The van der Waals surface area contributed by atoms with Crippen molar-refractivity contribution >= 4 is 52.7 Å². The van der Waals surface area contributed by atoms with Gasteiger partial charge in [0, 0.05) is 5.02 Å². The number of anilines is 1. The van der Waals surface area contributed by atoms with Crippen molar-refractivity contribution in [3.8, 4) is 0 Å². The van der Waals surface area contributed by atoms with E-state index in [0.717, 1.165) is 4.90 Å². The third-order valence-corrected chi connectivity index (χ3v) is 4.77. The minimum absolute atomic E-state index is 0.268. The second kappa shape index (κ2) is 8.14. The minimum atomic E-state index is -1.18. The van der Waals surface area contributed by atoms with Crippen molar-refractivity contribution in [2.45, 2.75) is 38.8 Å². The topological polar surface area (TPSA) is 105 Å². The Labute approximate surface area is 166 Å². The van der Waals surface area contributed by atoms with Gasteiger partial charge in [0.25, 0.3) is 11.8 Å². The number of imide groups is 1. The quantitative estimate of drug-likeness (QED) is 0.548. The van der Waals surface area contributed by atoms with Crippen molar-refractivity contribution in [3.63, 3.8) is 0 Å². The molecule has 0 saturated carbocycles. The van der Waals surface area contributed by atoms with Crippen molar-refractivity contribution < 1.29 is 23.9 Å². The van der Waals surface area contributed by atoms with Crippen LogP contribution in [-0.4, -0.2) is 46.9 Å². The standard InChI is InChI=1S/C17H19Cl2N3O5/c1-4-17(3)15(25)22(16(26)21-17)8-13(23)27-9(2)14(24)20-12-7-10(18)5-6-11(12)19/h5-7,9H,4,8H2,1-3H3,(H,20,24)(H,21,26). The molecule has 1 aliphatic rings. The van der Waals surface area contributed by atoms with E-state index in [1.807, 2.05) is 0 Å². The average Bonchev–Trinajstić information content (AvgIpc) is 2.81. The van der Waals surface area contributed by atoms with Crippen LogP contribution in [0.25, 0.3) is 0 Å². The van der Waals surface area contributed by atoms with Crippen LogP contribution < -0.4 is 10.6 Å². The molecule has 2 atom stereocenters. The number of nitrogens with one attached hydrogen (secondary N) is 2. The molecule has 1 saturated heterocycles. The van der Waals surface area contributed by atoms with Gasteiger partial charge >= 0.3 is 12.0 Å². The van der Waals surface area contributed by atoms with Gasteiger partial charge in [-0.25, -0.2) is 4.79 Å². The first-order valence-electron chi connectivity index (χ1n) is 8.17. The first-order valence-corrected chi connectivity index (χ1v) is 8.92. The molecule has 1 heterocycles. The van der Waals surface area contributed by atoms with Crippen LogP contribution in [0.5, 0.6) is 0 Å². The fraction of sp³-hybridized carbons (Fsp3) is 0.412. The average molecular weight is 416 g/mol. The van der Waals surface area contributed by atoms with Crippen LogP contribution in [-0.2, 0) is 19.1 Å². The van der Waals surface area contributed by atoms with Gasteiger partial charge in [0.2, 0.25) is 0 Å². The lowest BCUT2D eigenvalue weighted by Crippen LogP contribution is -2.44. The molecule has 1 fully saturated rings. The summed E-state index contributed by atoms with van der Waals surface area (Å²) in [6.45, 7) is 4.08. The zero-order valence-corrected chi connectivity index (χ0v) is 16.5. The van der Waals surface area contributed by atoms with Gasteiger partial charge in [0.15, 0.2) is 6.10 Å². The number of urea groups is 1. The third kappa shape index (κ3) is 4.70. The Bertz CT molecular complexity index is 801. The number of esters is 1. The van der Waals surface area contributed by atoms with Crippen molar-refractivity contribution in [1.82, 2.24) is 10.2 Å². The number of carbonyl (C=O) groups is 4. The fourth-order valence-electron chi connectivity index (χ4n) is 2.37. The molecule has 8 nitrogen and oxygen atoms in total. The van der Waals surface area contributed by atoms with Gasteiger partial charge in [-0.15, -0.1) is 0 Å². The summed E-state index contributed by atoms with van der Waals surface area (Å²) in [5, 5.41) is 5.67. The molecule has 0 aromatic heterocycles. The third-order valence-electron chi connectivity index (χ3n) is 4.20. The summed E-state index contributed by atoms with van der Waals surface area (Å²) >= 11 is 11.8. The Morgan fingerprint density at radius 2 is 2.00 bits per heavy atom. The predicted molar refractivity (Wildman–Crippen MR) is 99.6 cm³/mol. The number of amides is 4. The smallest absolute Gasteiger partial charge is 0.327 e. The van der Waals surface area contributed by atoms with Crippen LogP contribution in [0.3, 0.4) is 0 Å². The number of hydrogen-bond donors (Lipinski definition) is 2. The number of ether oxygens (including phenoxy) is 1. The summed E-state index contributed by atoms with van der Waals surface area (Å²) in [4.78, 5) is 49.2. The molecule has 1 aromatic rings. The van der Waals surface area contributed by atoms with E-state index in [1.54, 1.807) is 19.9 Å². The predicted octanol–water partition coefficient (Wildman–Crippen LogP) is 2.58. The van der Waals surface area contributed by atoms with Crippen molar-refractivity contribution in [3.05, 3.63) is 28.2 Å². The zero-order chi connectivity index (χ0) is 20.4. The molecular formula is C17H19Cl2N3O5. The first kappa shape index (κ1) is 21.0. The molecule has 10 heteroatoms. The van der Waals surface area contributed by atoms with Crippen molar-refractivity contribution in [2.75, 3.05) is 11.9 Å². The fourth-order valence-corrected chi connectivity index (χ4v) is 2.71. The highest BCUT2D eigenvalue weighted by atomic mass is 35.5. The number of hydrogen-bond acceptors (Lipinski definition) is 5. The van der Waals surface area contributed by atoms with E-state index < -0.39 is 42.0 Å². The number of benzene rings is 1. The molecule has 4 amide bonds. The summed E-state index contributed by atoms with van der Waals surface area (Å²) in [5.74, 6) is -2.04. The lowest BCUT2D eigenvalue weighted by molar-refractivity contribution is -0.155. The van der Waals surface area contributed by atoms with Crippen LogP contribution in [0.15, 0.2) is 18.2 Å². The molecule has 2 unspecified atom stereocenters. The molecule has 2 rings (SSSR count). The van der Waals surface area contributed by atoms with E-state index in [0.29, 0.717) is 11.4 Å². The Morgan fingerprint density at radius 3 is 2.59 bits per heavy atom. The van der Waals surface area contributed by atoms with E-state index in [1.165, 1.54) is 19.1 Å². The number of nitrogens with zero attached hydrogens (tertiary/aromatic N) is 1. The second-order valence-electron chi connectivity index (χ2n) is 6.25. The Hall–Kier alpha value is -2.32. The highest BCUT2D eigenvalue weighted by Gasteiger charge is 2.47. The SMILES string of the molecule is CCC1(C)NC(=O)N(CC(=O)OC(C)C(=O)Nc2cc(Cl)ccc2Cl)C1=O. The Morgan fingerprint density at radius 1 is 1.33 bits per heavy atom. The van der Waals surface area contributed by atoms with Gasteiger partial charge in [0.05, 0.1) is 10.7 Å². The van der Waals surface area contributed by atoms with E-state index >= 15 is 0 Å². The van der Waals surface area contributed by atoms with Crippen LogP contribution in [0, 0.1) is 0 Å². The van der Waals surface area contributed by atoms with Crippen LogP contribution >= 0.6 is 23.2 Å². The van der Waals surface area contributed by atoms with Crippen molar-refractivity contribution in [2.24, 2.45) is 0 Å². The van der Waals surface area contributed by atoms with Crippen LogP contribution in [0.1, 0.15) is 27.2 Å². The van der Waals surface area contributed by atoms with Gasteiger partial charge in [-0.05, 0) is 38.5 Å². The lowest BCUT2D eigenvalue weighted by Gasteiger charge is -2.19. The van der Waals surface area contributed by atoms with Gasteiger partial charge in [-0.2, -0.15) is 0 Å². The molecule has 1 aliphatic heterocycles. The lowest BCUT2D eigenvalue weighted by atomic mass is 9.99. The van der Waals surface area contributed by atoms with Crippen molar-refractivity contribution in [1.29, 1.82) is 0 Å². The van der Waals surface area contributed by atoms with E-state index in [-0.39, 0.29) is 10.7 Å². The molecule has 146 valence electrons. The molecule has 1 aromatic carbocycles. The second-order valence-corrected chi connectivity index (χ2v) is 7.10. The highest BCUT2D eigenvalue weighted by Crippen LogP contribution is 2.25. The summed E-state index contributed by atoms with van der Waals surface area (Å²) < 4.78 is 5.01. The van der Waals surface area contributed by atoms with E-state index in [4.69, 9.17) is 27.9 Å². The van der Waals surface area contributed by atoms with Gasteiger partial charge in [-0.1, -0.05) is 30.1 Å². The molecule has 0 spiro atoms. The monoisotopic (exact) mass is 415 g/mol. The molecule has 0 aliphatic carbocycles. The number of rotatable bonds is 6. The van der Waals surface area contributed by atoms with E-state index in [9.17, 15) is 19.2 Å². The molecule has 27 heavy (non-hydrogen) atoms. The maximum Gasteiger partial charge on any atom is 0.327 e. The van der Waals surface area contributed by atoms with E-state index in [2.05, 4.69) is 10.6 Å². The molecule has 0 radical (unpaired) electrons. The highest BCUT2D eigenvalue weighted by molar-refractivity contribution is 6.35. The molecule has 2 N–H and O–H groups in total. The maximum atomic E-state index is 12.3. The Balaban J connectivity index is 1.95. The minimum Gasteiger partial charge on any atom is -0.451 e. The summed E-state index contributed by atoms with van der Waals surface area (Å²) in [7, 11) is 0. The van der Waals surface area contributed by atoms with Gasteiger partial charge in [0.1, 0.15) is 12.1 Å². The van der Waals surface area contributed by atoms with Gasteiger partial charge in [-0.3, -0.25) is 19.3 Å². The molecule has 0 bridgehead atoms. The molecular weight excluding hydrogens is 397 g/mol. The van der Waals surface area contributed by atoms with Crippen LogP contribution in [0.4, 0.5) is 10.5 Å². The maximum absolute atomic E-state index is 12.3. The normalized spacial score (nSPS) is 20.3. The number of halogens is 2.